The molecule has 1 atom stereocenters. The van der Waals surface area contributed by atoms with Crippen molar-refractivity contribution in [1.29, 1.82) is 0 Å². The van der Waals surface area contributed by atoms with Crippen LogP contribution in [0.15, 0.2) is 43.2 Å². The minimum Gasteiger partial charge on any atom is -0.387 e. The Labute approximate surface area is 228 Å². The molecule has 0 saturated carbocycles. The van der Waals surface area contributed by atoms with E-state index in [2.05, 4.69) is 36.1 Å². The molecule has 0 aromatic carbocycles. The number of rotatable bonds is 10. The first-order valence-electron chi connectivity index (χ1n) is 12.1. The normalized spacial score (nSPS) is 12.5. The van der Waals surface area contributed by atoms with Crippen molar-refractivity contribution in [2.24, 2.45) is 0 Å². The summed E-state index contributed by atoms with van der Waals surface area (Å²) in [6.07, 6.45) is 7.51. The zero-order valence-corrected chi connectivity index (χ0v) is 22.6. The molecule has 2 amide bonds. The molecular weight excluding hydrogens is 529 g/mol. The molecule has 0 aliphatic carbocycles. The van der Waals surface area contributed by atoms with Crippen LogP contribution in [0.1, 0.15) is 38.1 Å². The molecule has 0 aliphatic heterocycles. The van der Waals surface area contributed by atoms with E-state index >= 15 is 0 Å². The van der Waals surface area contributed by atoms with Crippen LogP contribution in [0.5, 0.6) is 0 Å². The number of nitrogens with zero attached hydrogens (tertiary/aromatic N) is 6. The van der Waals surface area contributed by atoms with Crippen molar-refractivity contribution in [2.75, 3.05) is 17.2 Å². The van der Waals surface area contributed by atoms with Gasteiger partial charge in [0.1, 0.15) is 12.7 Å². The molecule has 4 aromatic heterocycles. The summed E-state index contributed by atoms with van der Waals surface area (Å²) in [5.74, 6) is -0.924. The number of hydrogen-bond acceptors (Lipinski definition) is 8. The maximum absolute atomic E-state index is 13.9. The topological polar surface area (TPSA) is 151 Å². The van der Waals surface area contributed by atoms with Crippen LogP contribution in [-0.4, -0.2) is 70.6 Å². The summed E-state index contributed by atoms with van der Waals surface area (Å²) < 4.78 is 16.7. The first kappa shape index (κ1) is 27.9. The number of halogens is 2. The number of carbonyl (C=O) groups is 2. The van der Waals surface area contributed by atoms with Gasteiger partial charge in [0.2, 0.25) is 5.91 Å². The van der Waals surface area contributed by atoms with Gasteiger partial charge in [-0.1, -0.05) is 11.6 Å². The predicted molar refractivity (Wildman–Crippen MR) is 144 cm³/mol. The van der Waals surface area contributed by atoms with E-state index < -0.39 is 23.6 Å². The smallest absolute Gasteiger partial charge is 0.259 e. The van der Waals surface area contributed by atoms with Crippen molar-refractivity contribution in [3.05, 3.63) is 53.8 Å². The highest BCUT2D eigenvalue weighted by Gasteiger charge is 2.26. The van der Waals surface area contributed by atoms with E-state index in [-0.39, 0.29) is 19.1 Å². The van der Waals surface area contributed by atoms with Crippen LogP contribution in [0.4, 0.5) is 15.8 Å². The molecule has 1 unspecified atom stereocenters. The molecule has 4 N–H and O–H groups in total. The second kappa shape index (κ2) is 11.3. The van der Waals surface area contributed by atoms with E-state index in [0.29, 0.717) is 38.9 Å². The van der Waals surface area contributed by atoms with Gasteiger partial charge in [0, 0.05) is 24.6 Å². The van der Waals surface area contributed by atoms with Crippen molar-refractivity contribution >= 4 is 40.4 Å². The fraction of sp³-hybridized carbons (Fsp3) is 0.360. The van der Waals surface area contributed by atoms with Gasteiger partial charge in [0.05, 0.1) is 64.0 Å². The van der Waals surface area contributed by atoms with Crippen molar-refractivity contribution < 1.29 is 19.1 Å². The highest BCUT2D eigenvalue weighted by Crippen LogP contribution is 2.27. The van der Waals surface area contributed by atoms with Crippen LogP contribution in [0.25, 0.3) is 16.9 Å². The van der Waals surface area contributed by atoms with Gasteiger partial charge in [-0.15, -0.1) is 0 Å². The summed E-state index contributed by atoms with van der Waals surface area (Å²) >= 11 is 6.00. The van der Waals surface area contributed by atoms with E-state index in [9.17, 15) is 19.1 Å². The van der Waals surface area contributed by atoms with Crippen LogP contribution < -0.4 is 16.0 Å². The van der Waals surface area contributed by atoms with Gasteiger partial charge in [0.15, 0.2) is 5.65 Å². The third-order valence-electron chi connectivity index (χ3n) is 5.64. The largest absolute Gasteiger partial charge is 0.387 e. The molecule has 4 heterocycles. The molecular formula is C25H29ClFN9O3. The number of carbonyl (C=O) groups excluding carboxylic acids is 2. The molecule has 0 saturated heterocycles. The van der Waals surface area contributed by atoms with Crippen molar-refractivity contribution in [1.82, 2.24) is 34.7 Å². The highest BCUT2D eigenvalue weighted by atomic mass is 35.5. The SMILES string of the molecule is CC(C)Nc1cc(-c2cnn3cc(Cl)cnc23)ncc1C(=O)Nc1cnn(CC(=O)NCC(F)C(C)(C)O)c1. The van der Waals surface area contributed by atoms with Crippen LogP contribution in [0.3, 0.4) is 0 Å². The number of fused-ring (bicyclic) bond motifs is 1. The quantitative estimate of drug-likeness (QED) is 0.232. The zero-order valence-electron chi connectivity index (χ0n) is 21.8. The number of aromatic nitrogens is 6. The minimum atomic E-state index is -1.62. The maximum atomic E-state index is 13.9. The molecule has 12 nitrogen and oxygen atoms in total. The average molecular weight is 558 g/mol. The lowest BCUT2D eigenvalue weighted by Gasteiger charge is -2.22. The fourth-order valence-electron chi connectivity index (χ4n) is 3.62. The lowest BCUT2D eigenvalue weighted by Crippen LogP contribution is -2.42. The highest BCUT2D eigenvalue weighted by molar-refractivity contribution is 6.30. The number of nitrogens with one attached hydrogen (secondary N) is 3. The molecule has 39 heavy (non-hydrogen) atoms. The van der Waals surface area contributed by atoms with Crippen LogP contribution in [0.2, 0.25) is 5.02 Å². The Morgan fingerprint density at radius 1 is 1.13 bits per heavy atom. The molecule has 0 radical (unpaired) electrons. The number of alkyl halides is 1. The molecule has 4 aromatic rings. The van der Waals surface area contributed by atoms with Crippen molar-refractivity contribution in [3.63, 3.8) is 0 Å². The molecule has 0 fully saturated rings. The third kappa shape index (κ3) is 6.86. The summed E-state index contributed by atoms with van der Waals surface area (Å²) in [6.45, 7) is 6.02. The standard InChI is InChI=1S/C25H29ClFN9O3/c1-14(2)33-20-5-19(17-9-32-36-11-15(26)6-30-23(17)36)28-8-18(20)24(38)34-16-7-31-35(12-16)13-22(37)29-10-21(27)25(3,4)39/h5-9,11-12,14,21,39H,10,13H2,1-4H3,(H,28,33)(H,29,37)(H,34,38). The lowest BCUT2D eigenvalue weighted by molar-refractivity contribution is -0.122. The number of anilines is 2. The summed E-state index contributed by atoms with van der Waals surface area (Å²) in [5.41, 5.74) is 1.45. The van der Waals surface area contributed by atoms with Crippen molar-refractivity contribution in [2.45, 2.75) is 52.1 Å². The summed E-state index contributed by atoms with van der Waals surface area (Å²) in [5, 5.41) is 26.9. The first-order chi connectivity index (χ1) is 18.4. The minimum absolute atomic E-state index is 0.0224. The van der Waals surface area contributed by atoms with Crippen molar-refractivity contribution in [3.8, 4) is 11.3 Å². The molecule has 206 valence electrons. The summed E-state index contributed by atoms with van der Waals surface area (Å²) in [7, 11) is 0. The second-order valence-corrected chi connectivity index (χ2v) is 10.3. The van der Waals surface area contributed by atoms with Gasteiger partial charge < -0.3 is 21.1 Å². The Balaban J connectivity index is 1.47. The molecule has 0 bridgehead atoms. The Morgan fingerprint density at radius 2 is 1.90 bits per heavy atom. The molecule has 0 aliphatic rings. The van der Waals surface area contributed by atoms with Gasteiger partial charge in [-0.25, -0.2) is 13.9 Å². The van der Waals surface area contributed by atoms with Gasteiger partial charge in [-0.05, 0) is 33.8 Å². The fourth-order valence-corrected chi connectivity index (χ4v) is 3.76. The van der Waals surface area contributed by atoms with Gasteiger partial charge >= 0.3 is 0 Å². The number of hydrogen-bond donors (Lipinski definition) is 4. The Kier molecular flexibility index (Phi) is 8.11. The lowest BCUT2D eigenvalue weighted by atomic mass is 10.0. The number of pyridine rings is 1. The molecule has 0 spiro atoms. The van der Waals surface area contributed by atoms with E-state index in [1.165, 1.54) is 43.3 Å². The summed E-state index contributed by atoms with van der Waals surface area (Å²) in [4.78, 5) is 34.1. The van der Waals surface area contributed by atoms with Crippen LogP contribution in [-0.2, 0) is 11.3 Å². The van der Waals surface area contributed by atoms with Gasteiger partial charge in [-0.2, -0.15) is 10.2 Å². The van der Waals surface area contributed by atoms with E-state index in [4.69, 9.17) is 11.6 Å². The Bertz CT molecular complexity index is 1500. The zero-order chi connectivity index (χ0) is 28.3. The van der Waals surface area contributed by atoms with E-state index in [0.717, 1.165) is 0 Å². The molecule has 14 heteroatoms. The van der Waals surface area contributed by atoms with E-state index in [1.807, 2.05) is 13.8 Å². The number of aliphatic hydroxyl groups is 1. The Morgan fingerprint density at radius 3 is 2.62 bits per heavy atom. The Hall–Kier alpha value is -4.10. The van der Waals surface area contributed by atoms with Crippen LogP contribution >= 0.6 is 11.6 Å². The first-order valence-corrected chi connectivity index (χ1v) is 12.5. The number of amides is 2. The molecule has 4 rings (SSSR count). The summed E-state index contributed by atoms with van der Waals surface area (Å²) in [6, 6.07) is 1.77. The second-order valence-electron chi connectivity index (χ2n) is 9.82. The average Bonchev–Trinajstić information content (AvgIpc) is 3.47. The van der Waals surface area contributed by atoms with Gasteiger partial charge in [0.25, 0.3) is 5.91 Å². The predicted octanol–water partition coefficient (Wildman–Crippen LogP) is 2.94. The monoisotopic (exact) mass is 557 g/mol. The van der Waals surface area contributed by atoms with Gasteiger partial charge in [-0.3, -0.25) is 19.3 Å². The third-order valence-corrected chi connectivity index (χ3v) is 5.83. The van der Waals surface area contributed by atoms with E-state index in [1.54, 1.807) is 23.0 Å². The van der Waals surface area contributed by atoms with Crippen LogP contribution in [0, 0.1) is 0 Å². The maximum Gasteiger partial charge on any atom is 0.259 e.